The minimum Gasteiger partial charge on any atom is -0.452 e. The van der Waals surface area contributed by atoms with Crippen molar-refractivity contribution in [2.75, 3.05) is 0 Å². The summed E-state index contributed by atoms with van der Waals surface area (Å²) < 4.78 is 26.0. The lowest BCUT2D eigenvalue weighted by atomic mass is 10.0. The van der Waals surface area contributed by atoms with Gasteiger partial charge in [0, 0.05) is 62.6 Å². The van der Waals surface area contributed by atoms with Crippen molar-refractivity contribution in [2.24, 2.45) is 0 Å². The summed E-state index contributed by atoms with van der Waals surface area (Å²) in [6.07, 6.45) is 0. The van der Waals surface area contributed by atoms with Crippen LogP contribution in [-0.2, 0) is 0 Å². The molecule has 14 aromatic rings. The standard InChI is InChI=1S/C56H30O4S2/c1-3-7-31(8-4-1)33-11-19-45-41(27-33)37-15-17-39-43-29-35(13-21-47(43)59-55(39)53(37)57-45)49-23-25-51(61-49)52-26-24-50(62-52)36-14-22-48-44(30-36)40-18-16-38-42-28-34(32-9-5-2-6-10-32)12-20-46(42)58-54(38)56(40)60-48/h1-30H. The summed E-state index contributed by atoms with van der Waals surface area (Å²) in [4.78, 5) is 4.91. The smallest absolute Gasteiger partial charge is 0.178 e. The first kappa shape index (κ1) is 34.1. The second kappa shape index (κ2) is 12.9. The molecular formula is C56H30O4S2. The summed E-state index contributed by atoms with van der Waals surface area (Å²) in [5, 5.41) is 8.57. The molecule has 6 heterocycles. The number of hydrogen-bond donors (Lipinski definition) is 0. The number of thiophene rings is 2. The van der Waals surface area contributed by atoms with E-state index in [4.69, 9.17) is 17.7 Å². The first-order chi connectivity index (χ1) is 30.7. The fourth-order valence-corrected chi connectivity index (χ4v) is 11.4. The highest BCUT2D eigenvalue weighted by Gasteiger charge is 2.20. The molecule has 0 saturated carbocycles. The van der Waals surface area contributed by atoms with E-state index in [2.05, 4.69) is 170 Å². The van der Waals surface area contributed by atoms with Crippen LogP contribution in [0.15, 0.2) is 200 Å². The van der Waals surface area contributed by atoms with Crippen LogP contribution in [0.25, 0.3) is 141 Å². The van der Waals surface area contributed by atoms with Gasteiger partial charge in [-0.1, -0.05) is 72.8 Å². The van der Waals surface area contributed by atoms with Gasteiger partial charge < -0.3 is 17.7 Å². The van der Waals surface area contributed by atoms with Gasteiger partial charge in [0.25, 0.3) is 0 Å². The number of benzene rings is 8. The second-order valence-electron chi connectivity index (χ2n) is 15.9. The first-order valence-corrected chi connectivity index (χ1v) is 22.2. The summed E-state index contributed by atoms with van der Waals surface area (Å²) in [5.41, 5.74) is 13.6. The van der Waals surface area contributed by atoms with Crippen LogP contribution >= 0.6 is 22.7 Å². The average Bonchev–Trinajstić information content (AvgIpc) is 4.19. The molecule has 0 aliphatic heterocycles. The average molecular weight is 831 g/mol. The predicted molar refractivity (Wildman–Crippen MR) is 258 cm³/mol. The molecule has 6 heteroatoms. The second-order valence-corrected chi connectivity index (χ2v) is 18.1. The summed E-state index contributed by atoms with van der Waals surface area (Å²) in [6.45, 7) is 0. The molecule has 0 spiro atoms. The van der Waals surface area contributed by atoms with Gasteiger partial charge in [0.2, 0.25) is 0 Å². The Balaban J connectivity index is 0.778. The molecule has 6 aromatic heterocycles. The molecule has 0 bridgehead atoms. The number of fused-ring (bicyclic) bond motifs is 14. The highest BCUT2D eigenvalue weighted by molar-refractivity contribution is 7.25. The van der Waals surface area contributed by atoms with Crippen molar-refractivity contribution in [3.05, 3.63) is 182 Å². The molecule has 0 atom stereocenters. The van der Waals surface area contributed by atoms with Crippen molar-refractivity contribution in [2.45, 2.75) is 0 Å². The highest BCUT2D eigenvalue weighted by Crippen LogP contribution is 2.45. The lowest BCUT2D eigenvalue weighted by molar-refractivity contribution is 0.633. The molecule has 0 aliphatic carbocycles. The van der Waals surface area contributed by atoms with Gasteiger partial charge in [0.1, 0.15) is 22.3 Å². The Labute approximate surface area is 361 Å². The zero-order chi connectivity index (χ0) is 40.5. The van der Waals surface area contributed by atoms with Gasteiger partial charge in [-0.15, -0.1) is 22.7 Å². The van der Waals surface area contributed by atoms with Gasteiger partial charge in [-0.2, -0.15) is 0 Å². The van der Waals surface area contributed by atoms with E-state index < -0.39 is 0 Å². The van der Waals surface area contributed by atoms with Gasteiger partial charge >= 0.3 is 0 Å². The summed E-state index contributed by atoms with van der Waals surface area (Å²) in [6, 6.07) is 64.4. The molecule has 14 rings (SSSR count). The van der Waals surface area contributed by atoms with Crippen molar-refractivity contribution in [1.82, 2.24) is 0 Å². The Kier molecular flexibility index (Phi) is 7.11. The van der Waals surface area contributed by atoms with Crippen molar-refractivity contribution in [3.8, 4) is 52.9 Å². The molecule has 0 aliphatic rings. The van der Waals surface area contributed by atoms with Crippen LogP contribution in [0.1, 0.15) is 0 Å². The zero-order valence-corrected chi connectivity index (χ0v) is 34.4. The maximum absolute atomic E-state index is 6.52. The fourth-order valence-electron chi connectivity index (χ4n) is 9.31. The molecule has 0 amide bonds. The molecule has 0 saturated heterocycles. The van der Waals surface area contributed by atoms with E-state index in [9.17, 15) is 0 Å². The molecular weight excluding hydrogens is 801 g/mol. The minimum atomic E-state index is 0.784. The Hall–Kier alpha value is -7.64. The van der Waals surface area contributed by atoms with E-state index in [1.165, 1.54) is 30.6 Å². The SMILES string of the molecule is c1ccc(-c2ccc3oc4c(ccc5c6cc(-c7ccc(-c8ccc(-c9ccc%10oc%11c(ccc%12c%13cc(-c%14ccccc%14)ccc%13oc%12%11)c%10c9)s8)s7)ccc6oc54)c3c2)cc1. The van der Waals surface area contributed by atoms with Crippen LogP contribution in [-0.4, -0.2) is 0 Å². The van der Waals surface area contributed by atoms with E-state index in [1.54, 1.807) is 0 Å². The molecule has 4 nitrogen and oxygen atoms in total. The highest BCUT2D eigenvalue weighted by atomic mass is 32.1. The predicted octanol–water partition coefficient (Wildman–Crippen LogP) is 17.7. The van der Waals surface area contributed by atoms with E-state index in [0.717, 1.165) is 110 Å². The van der Waals surface area contributed by atoms with Gasteiger partial charge in [0.15, 0.2) is 22.3 Å². The van der Waals surface area contributed by atoms with Crippen LogP contribution in [0.4, 0.5) is 0 Å². The lowest BCUT2D eigenvalue weighted by Crippen LogP contribution is -1.76. The number of furan rings is 4. The summed E-state index contributed by atoms with van der Waals surface area (Å²) in [5.74, 6) is 0. The van der Waals surface area contributed by atoms with Gasteiger partial charge in [-0.3, -0.25) is 0 Å². The quantitative estimate of drug-likeness (QED) is 0.173. The topological polar surface area (TPSA) is 52.6 Å². The minimum absolute atomic E-state index is 0.784. The van der Waals surface area contributed by atoms with E-state index in [1.807, 2.05) is 34.8 Å². The van der Waals surface area contributed by atoms with E-state index >= 15 is 0 Å². The fraction of sp³-hybridized carbons (Fsp3) is 0. The normalized spacial score (nSPS) is 12.2. The van der Waals surface area contributed by atoms with Crippen molar-refractivity contribution >= 4 is 110 Å². The van der Waals surface area contributed by atoms with Crippen molar-refractivity contribution in [3.63, 3.8) is 0 Å². The molecule has 0 radical (unpaired) electrons. The Bertz CT molecular complexity index is 3830. The van der Waals surface area contributed by atoms with Crippen LogP contribution in [0.3, 0.4) is 0 Å². The van der Waals surface area contributed by atoms with Crippen LogP contribution in [0, 0.1) is 0 Å². The monoisotopic (exact) mass is 830 g/mol. The summed E-state index contributed by atoms with van der Waals surface area (Å²) in [7, 11) is 0. The molecule has 0 N–H and O–H groups in total. The Morgan fingerprint density at radius 1 is 0.226 bits per heavy atom. The third kappa shape index (κ3) is 5.11. The zero-order valence-electron chi connectivity index (χ0n) is 32.8. The molecule has 0 fully saturated rings. The molecule has 62 heavy (non-hydrogen) atoms. The van der Waals surface area contributed by atoms with Gasteiger partial charge in [0.05, 0.1) is 0 Å². The summed E-state index contributed by atoms with van der Waals surface area (Å²) >= 11 is 3.63. The van der Waals surface area contributed by atoms with Crippen molar-refractivity contribution in [1.29, 1.82) is 0 Å². The van der Waals surface area contributed by atoms with Crippen molar-refractivity contribution < 1.29 is 17.7 Å². The van der Waals surface area contributed by atoms with Crippen LogP contribution < -0.4 is 0 Å². The van der Waals surface area contributed by atoms with E-state index in [-0.39, 0.29) is 0 Å². The maximum atomic E-state index is 6.52. The third-order valence-corrected chi connectivity index (χ3v) is 14.9. The van der Waals surface area contributed by atoms with Gasteiger partial charge in [-0.25, -0.2) is 0 Å². The molecule has 8 aromatic carbocycles. The van der Waals surface area contributed by atoms with Crippen LogP contribution in [0.5, 0.6) is 0 Å². The number of hydrogen-bond acceptors (Lipinski definition) is 6. The maximum Gasteiger partial charge on any atom is 0.178 e. The lowest BCUT2D eigenvalue weighted by Gasteiger charge is -2.01. The molecule has 290 valence electrons. The third-order valence-electron chi connectivity index (χ3n) is 12.4. The van der Waals surface area contributed by atoms with E-state index in [0.29, 0.717) is 0 Å². The Morgan fingerprint density at radius 2 is 0.532 bits per heavy atom. The molecule has 0 unspecified atom stereocenters. The first-order valence-electron chi connectivity index (χ1n) is 20.6. The van der Waals surface area contributed by atoms with Gasteiger partial charge in [-0.05, 0) is 143 Å². The largest absolute Gasteiger partial charge is 0.452 e. The van der Waals surface area contributed by atoms with Crippen LogP contribution in [0.2, 0.25) is 0 Å². The number of rotatable bonds is 5. The Morgan fingerprint density at radius 3 is 0.887 bits per heavy atom.